The van der Waals surface area contributed by atoms with Crippen molar-refractivity contribution in [2.75, 3.05) is 13.2 Å². The van der Waals surface area contributed by atoms with Crippen LogP contribution in [0, 0.1) is 0 Å². The van der Waals surface area contributed by atoms with Crippen molar-refractivity contribution in [2.24, 2.45) is 0 Å². The molecule has 110 valence electrons. The first kappa shape index (κ1) is 16.2. The van der Waals surface area contributed by atoms with Crippen LogP contribution in [0.25, 0.3) is 0 Å². The molecule has 3 N–H and O–H groups in total. The molecule has 0 aromatic carbocycles. The fraction of sp³-hybridized carbons (Fsp3) is 0.455. The number of carbonyl (C=O) groups excluding carboxylic acids is 1. The third-order valence-electron chi connectivity index (χ3n) is 2.67. The van der Waals surface area contributed by atoms with Crippen molar-refractivity contribution in [3.63, 3.8) is 0 Å². The maximum atomic E-state index is 11.9. The Bertz CT molecular complexity index is 484. The molecule has 0 spiro atoms. The molecule has 1 aliphatic rings. The lowest BCUT2D eigenvalue weighted by atomic mass is 10.2. The lowest BCUT2D eigenvalue weighted by molar-refractivity contribution is 0.0947. The molecule has 1 atom stereocenters. The molecule has 1 aromatic heterocycles. The summed E-state index contributed by atoms with van der Waals surface area (Å²) in [6, 6.07) is 1.74. The van der Waals surface area contributed by atoms with Gasteiger partial charge >= 0.3 is 0 Å². The van der Waals surface area contributed by atoms with Crippen molar-refractivity contribution < 1.29 is 9.53 Å². The minimum Gasteiger partial charge on any atom is -0.376 e. The van der Waals surface area contributed by atoms with E-state index in [9.17, 15) is 4.79 Å². The molecule has 1 aromatic rings. The van der Waals surface area contributed by atoms with Crippen LogP contribution in [0.3, 0.4) is 0 Å². The van der Waals surface area contributed by atoms with Crippen molar-refractivity contribution in [1.82, 2.24) is 16.2 Å². The molecule has 0 bridgehead atoms. The van der Waals surface area contributed by atoms with Gasteiger partial charge in [-0.15, -0.1) is 11.3 Å². The van der Waals surface area contributed by atoms with Crippen LogP contribution in [0.1, 0.15) is 22.5 Å². The van der Waals surface area contributed by atoms with Crippen molar-refractivity contribution in [2.45, 2.75) is 18.9 Å². The Balaban J connectivity index is 1.71. The summed E-state index contributed by atoms with van der Waals surface area (Å²) in [6.45, 7) is 1.46. The quantitative estimate of drug-likeness (QED) is 0.496. The average Bonchev–Trinajstić information content (AvgIpc) is 3.04. The average molecular weight is 443 g/mol. The van der Waals surface area contributed by atoms with Gasteiger partial charge in [-0.3, -0.25) is 15.6 Å². The fourth-order valence-electron chi connectivity index (χ4n) is 1.69. The molecule has 2 rings (SSSR count). The van der Waals surface area contributed by atoms with Crippen LogP contribution in [-0.4, -0.2) is 30.3 Å². The molecule has 1 fully saturated rings. The molecule has 20 heavy (non-hydrogen) atoms. The minimum atomic E-state index is -0.234. The van der Waals surface area contributed by atoms with Gasteiger partial charge in [-0.25, -0.2) is 0 Å². The topological polar surface area (TPSA) is 62.4 Å². The zero-order chi connectivity index (χ0) is 14.5. The smallest absolute Gasteiger partial charge is 0.279 e. The molecule has 1 aliphatic heterocycles. The van der Waals surface area contributed by atoms with E-state index in [0.29, 0.717) is 16.5 Å². The number of ether oxygens (including phenoxy) is 1. The second kappa shape index (κ2) is 7.69. The highest BCUT2D eigenvalue weighted by molar-refractivity contribution is 9.13. The number of carbonyl (C=O) groups is 1. The fourth-order valence-corrected chi connectivity index (χ4v) is 3.75. The van der Waals surface area contributed by atoms with Crippen LogP contribution in [0.4, 0.5) is 0 Å². The van der Waals surface area contributed by atoms with E-state index in [4.69, 9.17) is 17.0 Å². The van der Waals surface area contributed by atoms with Gasteiger partial charge in [-0.2, -0.15) is 0 Å². The molecule has 5 nitrogen and oxygen atoms in total. The van der Waals surface area contributed by atoms with Gasteiger partial charge in [0, 0.05) is 17.6 Å². The zero-order valence-corrected chi connectivity index (χ0v) is 15.2. The summed E-state index contributed by atoms with van der Waals surface area (Å²) in [5, 5.41) is 3.39. The number of thiocarbonyl (C=S) groups is 1. The number of rotatable bonds is 3. The lowest BCUT2D eigenvalue weighted by Crippen LogP contribution is -2.48. The summed E-state index contributed by atoms with van der Waals surface area (Å²) in [6.07, 6.45) is 2.33. The number of halogens is 2. The first-order valence-corrected chi connectivity index (χ1v) is 8.78. The molecule has 0 radical (unpaired) electrons. The molecular formula is C11H13Br2N3O2S2. The number of hydrazine groups is 1. The maximum Gasteiger partial charge on any atom is 0.279 e. The van der Waals surface area contributed by atoms with Gasteiger partial charge in [0.05, 0.1) is 14.8 Å². The summed E-state index contributed by atoms with van der Waals surface area (Å²) in [5.41, 5.74) is 5.22. The van der Waals surface area contributed by atoms with Gasteiger partial charge in [0.25, 0.3) is 5.91 Å². The van der Waals surface area contributed by atoms with Crippen LogP contribution in [-0.2, 0) is 4.74 Å². The molecule has 1 unspecified atom stereocenters. The second-order valence-electron chi connectivity index (χ2n) is 4.16. The molecule has 1 saturated heterocycles. The molecule has 0 saturated carbocycles. The number of hydrogen-bond acceptors (Lipinski definition) is 4. The van der Waals surface area contributed by atoms with Crippen molar-refractivity contribution in [3.05, 3.63) is 19.2 Å². The Hall–Kier alpha value is -0.220. The van der Waals surface area contributed by atoms with Crippen molar-refractivity contribution >= 4 is 66.4 Å². The van der Waals surface area contributed by atoms with E-state index in [-0.39, 0.29) is 12.0 Å². The number of amides is 1. The monoisotopic (exact) mass is 441 g/mol. The Morgan fingerprint density at radius 1 is 1.50 bits per heavy atom. The predicted molar refractivity (Wildman–Crippen MR) is 89.9 cm³/mol. The van der Waals surface area contributed by atoms with E-state index in [1.807, 2.05) is 0 Å². The normalized spacial score (nSPS) is 17.8. The standard InChI is InChI=1S/C11H13Br2N3O2S2/c12-7-4-8(20-9(7)13)10(17)15-16-11(19)14-5-6-2-1-3-18-6/h4,6H,1-3,5H2,(H,15,17)(H2,14,16,19). The highest BCUT2D eigenvalue weighted by Gasteiger charge is 2.16. The first-order valence-electron chi connectivity index (χ1n) is 5.97. The molecule has 1 amide bonds. The third-order valence-corrected chi connectivity index (χ3v) is 6.17. The van der Waals surface area contributed by atoms with Gasteiger partial charge in [0.1, 0.15) is 0 Å². The van der Waals surface area contributed by atoms with Crippen LogP contribution in [0.5, 0.6) is 0 Å². The Labute approximate surface area is 143 Å². The number of thiophene rings is 1. The lowest BCUT2D eigenvalue weighted by Gasteiger charge is -2.14. The van der Waals surface area contributed by atoms with Crippen molar-refractivity contribution in [3.8, 4) is 0 Å². The summed E-state index contributed by atoms with van der Waals surface area (Å²) in [7, 11) is 0. The zero-order valence-electron chi connectivity index (χ0n) is 10.4. The summed E-state index contributed by atoms with van der Waals surface area (Å²) in [5.74, 6) is -0.234. The Kier molecular flexibility index (Phi) is 6.21. The molecule has 0 aliphatic carbocycles. The summed E-state index contributed by atoms with van der Waals surface area (Å²) >= 11 is 13.1. The van der Waals surface area contributed by atoms with E-state index in [2.05, 4.69) is 48.0 Å². The SMILES string of the molecule is O=C(NNC(=S)NCC1CCCO1)c1cc(Br)c(Br)s1. The van der Waals surface area contributed by atoms with Gasteiger partial charge in [-0.05, 0) is 63.0 Å². The minimum absolute atomic E-state index is 0.203. The van der Waals surface area contributed by atoms with Crippen LogP contribution in [0.2, 0.25) is 0 Å². The van der Waals surface area contributed by atoms with Gasteiger partial charge < -0.3 is 10.1 Å². The number of nitrogens with one attached hydrogen (secondary N) is 3. The predicted octanol–water partition coefficient (Wildman–Crippen LogP) is 2.56. The third kappa shape index (κ3) is 4.66. The van der Waals surface area contributed by atoms with Gasteiger partial charge in [0.15, 0.2) is 5.11 Å². The second-order valence-corrected chi connectivity index (χ2v) is 7.79. The van der Waals surface area contributed by atoms with Crippen LogP contribution >= 0.6 is 55.4 Å². The molecular weight excluding hydrogens is 430 g/mol. The Morgan fingerprint density at radius 3 is 2.90 bits per heavy atom. The molecule has 2 heterocycles. The van der Waals surface area contributed by atoms with E-state index in [0.717, 1.165) is 27.7 Å². The van der Waals surface area contributed by atoms with E-state index in [1.54, 1.807) is 6.07 Å². The van der Waals surface area contributed by atoms with Gasteiger partial charge in [-0.1, -0.05) is 0 Å². The maximum absolute atomic E-state index is 11.9. The summed E-state index contributed by atoms with van der Waals surface area (Å²) in [4.78, 5) is 12.4. The Morgan fingerprint density at radius 2 is 2.30 bits per heavy atom. The molecule has 9 heteroatoms. The summed E-state index contributed by atoms with van der Waals surface area (Å²) < 4.78 is 7.20. The number of hydrogen-bond donors (Lipinski definition) is 3. The van der Waals surface area contributed by atoms with E-state index >= 15 is 0 Å². The highest BCUT2D eigenvalue weighted by atomic mass is 79.9. The van der Waals surface area contributed by atoms with Crippen LogP contribution in [0.15, 0.2) is 14.3 Å². The first-order chi connectivity index (χ1) is 9.56. The van der Waals surface area contributed by atoms with Crippen molar-refractivity contribution in [1.29, 1.82) is 0 Å². The van der Waals surface area contributed by atoms with E-state index in [1.165, 1.54) is 11.3 Å². The van der Waals surface area contributed by atoms with Crippen LogP contribution < -0.4 is 16.2 Å². The highest BCUT2D eigenvalue weighted by Crippen LogP contribution is 2.32. The van der Waals surface area contributed by atoms with Gasteiger partial charge in [0.2, 0.25) is 0 Å². The van der Waals surface area contributed by atoms with E-state index < -0.39 is 0 Å². The largest absolute Gasteiger partial charge is 0.376 e.